The van der Waals surface area contributed by atoms with Gasteiger partial charge in [-0.25, -0.2) is 4.79 Å². The Kier molecular flexibility index (Phi) is 8.64. The summed E-state index contributed by atoms with van der Waals surface area (Å²) in [5.41, 5.74) is 0.0314. The molecule has 0 saturated heterocycles. The highest BCUT2D eigenvalue weighted by Gasteiger charge is 2.40. The summed E-state index contributed by atoms with van der Waals surface area (Å²) in [6, 6.07) is 9.15. The number of aliphatic hydroxyl groups excluding tert-OH is 1. The number of carbonyl (C=O) groups is 1. The van der Waals surface area contributed by atoms with E-state index in [0.717, 1.165) is 36.6 Å². The number of carbonyl (C=O) groups excluding carboxylic acids is 1. The Balaban J connectivity index is 1.51. The topological polar surface area (TPSA) is 46.5 Å². The number of aryl methyl sites for hydroxylation is 2. The maximum atomic E-state index is 12.9. The average Bonchev–Trinajstić information content (AvgIpc) is 3.32. The molecule has 0 spiro atoms. The molecule has 3 rings (SSSR count). The molecule has 1 aromatic heterocycles. The fourth-order valence-electron chi connectivity index (χ4n) is 4.61. The molecule has 32 heavy (non-hydrogen) atoms. The summed E-state index contributed by atoms with van der Waals surface area (Å²) in [6.07, 6.45) is 0.300. The number of ether oxygens (including phenoxy) is 1. The van der Waals surface area contributed by atoms with Crippen molar-refractivity contribution in [3.63, 3.8) is 0 Å². The van der Waals surface area contributed by atoms with Crippen LogP contribution in [0.15, 0.2) is 36.4 Å². The predicted molar refractivity (Wildman–Crippen MR) is 120 cm³/mol. The third kappa shape index (κ3) is 6.49. The van der Waals surface area contributed by atoms with E-state index in [1.807, 2.05) is 6.07 Å². The number of benzene rings is 1. The first kappa shape index (κ1) is 25.1. The molecule has 1 aromatic carbocycles. The van der Waals surface area contributed by atoms with Crippen LogP contribution in [0.25, 0.3) is 0 Å². The monoisotopic (exact) mass is 488 g/mol. The SMILES string of the molecule is COC(=O)c1ccc(CCCC2[C@H](Cl)C[C@@H](O)[C@@H]2CCCc2cccc(C(F)(F)F)c2)s1. The molecule has 0 radical (unpaired) electrons. The van der Waals surface area contributed by atoms with E-state index in [2.05, 4.69) is 0 Å². The van der Waals surface area contributed by atoms with Crippen LogP contribution in [0.5, 0.6) is 0 Å². The second-order valence-corrected chi connectivity index (χ2v) is 10.1. The minimum atomic E-state index is -4.34. The minimum Gasteiger partial charge on any atom is -0.465 e. The van der Waals surface area contributed by atoms with Crippen molar-refractivity contribution < 1.29 is 27.8 Å². The number of hydrogen-bond acceptors (Lipinski definition) is 4. The van der Waals surface area contributed by atoms with E-state index in [0.29, 0.717) is 29.7 Å². The summed E-state index contributed by atoms with van der Waals surface area (Å²) >= 11 is 7.96. The molecule has 1 aliphatic rings. The number of alkyl halides is 4. The fraction of sp³-hybridized carbons (Fsp3) is 0.542. The number of methoxy groups -OCH3 is 1. The van der Waals surface area contributed by atoms with Gasteiger partial charge >= 0.3 is 12.1 Å². The Morgan fingerprint density at radius 2 is 1.88 bits per heavy atom. The van der Waals surface area contributed by atoms with Gasteiger partial charge in [0, 0.05) is 10.3 Å². The standard InChI is InChI=1S/C24H28ClF3O3S/c1-31-23(30)22-12-11-17(32-22)8-4-9-18-19(21(29)14-20(18)25)10-3-6-15-5-2-7-16(13-15)24(26,27)28/h2,5,7,11-13,18-21,29H,3-4,6,8-10,14H2,1H3/t18?,19-,20-,21-/m1/s1. The Morgan fingerprint density at radius 1 is 1.16 bits per heavy atom. The first-order valence-corrected chi connectivity index (χ1v) is 12.1. The Hall–Kier alpha value is -1.57. The lowest BCUT2D eigenvalue weighted by Gasteiger charge is -2.23. The second-order valence-electron chi connectivity index (χ2n) is 8.39. The van der Waals surface area contributed by atoms with Crippen LogP contribution in [-0.4, -0.2) is 29.7 Å². The number of esters is 1. The maximum absolute atomic E-state index is 12.9. The third-order valence-electron chi connectivity index (χ3n) is 6.24. The van der Waals surface area contributed by atoms with Gasteiger partial charge in [-0.2, -0.15) is 13.2 Å². The second kappa shape index (κ2) is 11.0. The molecule has 176 valence electrons. The molecule has 4 atom stereocenters. The predicted octanol–water partition coefficient (Wildman–Crippen LogP) is 6.50. The summed E-state index contributed by atoms with van der Waals surface area (Å²) in [6.45, 7) is 0. The molecule has 0 amide bonds. The van der Waals surface area contributed by atoms with Gasteiger partial charge in [0.05, 0.1) is 18.8 Å². The molecule has 1 N–H and O–H groups in total. The van der Waals surface area contributed by atoms with Crippen LogP contribution in [0.3, 0.4) is 0 Å². The molecule has 1 heterocycles. The number of aliphatic hydroxyl groups is 1. The molecular weight excluding hydrogens is 461 g/mol. The summed E-state index contributed by atoms with van der Waals surface area (Å²) in [5.74, 6) is -0.104. The van der Waals surface area contributed by atoms with Crippen LogP contribution in [0, 0.1) is 11.8 Å². The summed E-state index contributed by atoms with van der Waals surface area (Å²) in [4.78, 5) is 13.3. The number of rotatable bonds is 9. The summed E-state index contributed by atoms with van der Waals surface area (Å²) < 4.78 is 43.5. The molecule has 8 heteroatoms. The van der Waals surface area contributed by atoms with Gasteiger partial charge in [-0.15, -0.1) is 22.9 Å². The van der Waals surface area contributed by atoms with Gasteiger partial charge in [-0.1, -0.05) is 18.2 Å². The van der Waals surface area contributed by atoms with E-state index in [1.165, 1.54) is 30.6 Å². The average molecular weight is 489 g/mol. The Morgan fingerprint density at radius 3 is 2.59 bits per heavy atom. The number of halogens is 4. The first-order valence-electron chi connectivity index (χ1n) is 10.8. The molecule has 1 saturated carbocycles. The third-order valence-corrected chi connectivity index (χ3v) is 7.87. The van der Waals surface area contributed by atoms with Gasteiger partial charge in [0.15, 0.2) is 0 Å². The largest absolute Gasteiger partial charge is 0.465 e. The van der Waals surface area contributed by atoms with E-state index in [9.17, 15) is 23.1 Å². The van der Waals surface area contributed by atoms with Gasteiger partial charge in [-0.05, 0) is 80.5 Å². The minimum absolute atomic E-state index is 0.0530. The van der Waals surface area contributed by atoms with Gasteiger partial charge in [0.1, 0.15) is 4.88 Å². The maximum Gasteiger partial charge on any atom is 0.416 e. The Bertz CT molecular complexity index is 899. The molecule has 1 unspecified atom stereocenters. The zero-order valence-corrected chi connectivity index (χ0v) is 19.5. The van der Waals surface area contributed by atoms with Crippen LogP contribution in [0.1, 0.15) is 57.8 Å². The molecule has 1 aliphatic carbocycles. The van der Waals surface area contributed by atoms with E-state index in [4.69, 9.17) is 16.3 Å². The lowest BCUT2D eigenvalue weighted by atomic mass is 9.85. The van der Waals surface area contributed by atoms with Crippen molar-refractivity contribution in [3.8, 4) is 0 Å². The van der Waals surface area contributed by atoms with Crippen LogP contribution < -0.4 is 0 Å². The molecule has 2 aromatic rings. The van der Waals surface area contributed by atoms with Crippen molar-refractivity contribution in [2.75, 3.05) is 7.11 Å². The highest BCUT2D eigenvalue weighted by Crippen LogP contribution is 2.42. The normalized spacial score (nSPS) is 23.4. The molecule has 1 fully saturated rings. The van der Waals surface area contributed by atoms with E-state index >= 15 is 0 Å². The fourth-order valence-corrected chi connectivity index (χ4v) is 6.08. The quantitative estimate of drug-likeness (QED) is 0.323. The molecule has 0 bridgehead atoms. The first-order chi connectivity index (χ1) is 15.2. The van der Waals surface area contributed by atoms with Crippen LogP contribution >= 0.6 is 22.9 Å². The van der Waals surface area contributed by atoms with Gasteiger partial charge in [0.2, 0.25) is 0 Å². The summed E-state index contributed by atoms with van der Waals surface area (Å²) in [5, 5.41) is 10.4. The van der Waals surface area contributed by atoms with E-state index in [1.54, 1.807) is 12.1 Å². The van der Waals surface area contributed by atoms with Crippen LogP contribution in [-0.2, 0) is 23.8 Å². The van der Waals surface area contributed by atoms with E-state index < -0.39 is 17.8 Å². The van der Waals surface area contributed by atoms with E-state index in [-0.39, 0.29) is 23.2 Å². The zero-order chi connectivity index (χ0) is 23.3. The van der Waals surface area contributed by atoms with Crippen molar-refractivity contribution in [1.29, 1.82) is 0 Å². The lowest BCUT2D eigenvalue weighted by molar-refractivity contribution is -0.137. The highest BCUT2D eigenvalue weighted by molar-refractivity contribution is 7.13. The highest BCUT2D eigenvalue weighted by atomic mass is 35.5. The van der Waals surface area contributed by atoms with Crippen molar-refractivity contribution in [1.82, 2.24) is 0 Å². The molecule has 3 nitrogen and oxygen atoms in total. The Labute approximate surface area is 195 Å². The lowest BCUT2D eigenvalue weighted by Crippen LogP contribution is -2.21. The van der Waals surface area contributed by atoms with Crippen LogP contribution in [0.2, 0.25) is 0 Å². The van der Waals surface area contributed by atoms with Crippen molar-refractivity contribution in [2.45, 2.75) is 62.6 Å². The van der Waals surface area contributed by atoms with Crippen molar-refractivity contribution in [3.05, 3.63) is 57.3 Å². The van der Waals surface area contributed by atoms with Gasteiger partial charge < -0.3 is 9.84 Å². The number of hydrogen-bond donors (Lipinski definition) is 1. The van der Waals surface area contributed by atoms with Crippen molar-refractivity contribution in [2.24, 2.45) is 11.8 Å². The summed E-state index contributed by atoms with van der Waals surface area (Å²) in [7, 11) is 1.36. The van der Waals surface area contributed by atoms with Crippen molar-refractivity contribution >= 4 is 28.9 Å². The molecule has 0 aliphatic heterocycles. The van der Waals surface area contributed by atoms with Crippen LogP contribution in [0.4, 0.5) is 13.2 Å². The van der Waals surface area contributed by atoms with Gasteiger partial charge in [-0.3, -0.25) is 0 Å². The smallest absolute Gasteiger partial charge is 0.416 e. The zero-order valence-electron chi connectivity index (χ0n) is 17.9. The van der Waals surface area contributed by atoms with Gasteiger partial charge in [0.25, 0.3) is 0 Å². The number of thiophene rings is 1. The molecular formula is C24H28ClF3O3S.